The monoisotopic (exact) mass is 445 g/mol. The number of hydrogen-bond acceptors (Lipinski definition) is 5. The molecule has 0 saturated carbocycles. The van der Waals surface area contributed by atoms with Crippen molar-refractivity contribution in [2.45, 2.75) is 45.8 Å². The van der Waals surface area contributed by atoms with E-state index in [0.717, 1.165) is 52.6 Å². The Morgan fingerprint density at radius 2 is 1.81 bits per heavy atom. The van der Waals surface area contributed by atoms with Crippen LogP contribution in [0.5, 0.6) is 0 Å². The van der Waals surface area contributed by atoms with Gasteiger partial charge in [-0.2, -0.15) is 0 Å². The van der Waals surface area contributed by atoms with Crippen LogP contribution in [0.1, 0.15) is 12.5 Å². The normalized spacial score (nSPS) is 11.9. The molecule has 4 aromatic heterocycles. The molecule has 0 atom stereocenters. The molecule has 0 aromatic carbocycles. The standard InChI is InChI=1S/C25H31N5OSi/c1-5-18-9-13-29-23-22(20-8-6-7-11-27-20)24(19-10-12-28-21(26)16-19)30(25(18)23)17-31-14-15-32(2,3)4/h6-13,16H,5,14-15,17H2,1-4H3,(H2,26,28). The van der Waals surface area contributed by atoms with Crippen LogP contribution in [0.4, 0.5) is 5.82 Å². The summed E-state index contributed by atoms with van der Waals surface area (Å²) in [5.41, 5.74) is 13.2. The quantitative estimate of drug-likeness (QED) is 0.281. The van der Waals surface area contributed by atoms with Crippen molar-refractivity contribution in [2.24, 2.45) is 0 Å². The second-order valence-electron chi connectivity index (χ2n) is 9.20. The largest absolute Gasteiger partial charge is 0.384 e. The van der Waals surface area contributed by atoms with Crippen molar-refractivity contribution >= 4 is 24.9 Å². The van der Waals surface area contributed by atoms with Gasteiger partial charge in [0.2, 0.25) is 0 Å². The lowest BCUT2D eigenvalue weighted by molar-refractivity contribution is 0.0912. The number of pyridine rings is 3. The molecule has 0 amide bonds. The van der Waals surface area contributed by atoms with E-state index >= 15 is 0 Å². The molecular formula is C25H31N5OSi. The number of aryl methyl sites for hydroxylation is 1. The molecule has 32 heavy (non-hydrogen) atoms. The van der Waals surface area contributed by atoms with Gasteiger partial charge in [0.15, 0.2) is 0 Å². The molecule has 4 rings (SSSR count). The second kappa shape index (κ2) is 9.22. The number of aromatic nitrogens is 4. The van der Waals surface area contributed by atoms with Gasteiger partial charge in [0, 0.05) is 38.8 Å². The molecule has 0 aliphatic rings. The molecule has 0 saturated heterocycles. The van der Waals surface area contributed by atoms with Gasteiger partial charge < -0.3 is 15.0 Å². The van der Waals surface area contributed by atoms with E-state index in [2.05, 4.69) is 47.2 Å². The molecule has 7 heteroatoms. The Bertz CT molecular complexity index is 1210. The van der Waals surface area contributed by atoms with Crippen LogP contribution in [-0.4, -0.2) is 34.2 Å². The van der Waals surface area contributed by atoms with E-state index in [4.69, 9.17) is 15.5 Å². The van der Waals surface area contributed by atoms with Crippen LogP contribution in [0, 0.1) is 0 Å². The summed E-state index contributed by atoms with van der Waals surface area (Å²) < 4.78 is 8.49. The van der Waals surface area contributed by atoms with Gasteiger partial charge in [-0.3, -0.25) is 9.97 Å². The zero-order valence-electron chi connectivity index (χ0n) is 19.3. The van der Waals surface area contributed by atoms with Crippen molar-refractivity contribution in [3.63, 3.8) is 0 Å². The summed E-state index contributed by atoms with van der Waals surface area (Å²) in [5.74, 6) is 0.481. The average Bonchev–Trinajstić information content (AvgIpc) is 3.11. The SMILES string of the molecule is CCc1ccnc2c(-c3ccccn3)c(-c3ccnc(N)c3)n(COCC[Si](C)(C)C)c12. The summed E-state index contributed by atoms with van der Waals surface area (Å²) in [6.45, 7) is 10.5. The minimum absolute atomic E-state index is 0.448. The molecule has 0 radical (unpaired) electrons. The van der Waals surface area contributed by atoms with Gasteiger partial charge in [0.05, 0.1) is 28.0 Å². The van der Waals surface area contributed by atoms with Crippen molar-refractivity contribution in [1.82, 2.24) is 19.5 Å². The Morgan fingerprint density at radius 3 is 2.50 bits per heavy atom. The number of ether oxygens (including phenoxy) is 1. The van der Waals surface area contributed by atoms with Crippen molar-refractivity contribution in [2.75, 3.05) is 12.3 Å². The topological polar surface area (TPSA) is 78.9 Å². The molecule has 0 aliphatic heterocycles. The van der Waals surface area contributed by atoms with Crippen molar-refractivity contribution < 1.29 is 4.74 Å². The van der Waals surface area contributed by atoms with Gasteiger partial charge in [-0.1, -0.05) is 32.6 Å². The maximum atomic E-state index is 6.25. The average molecular weight is 446 g/mol. The smallest absolute Gasteiger partial charge is 0.123 e. The lowest BCUT2D eigenvalue weighted by Crippen LogP contribution is -2.22. The fourth-order valence-corrected chi connectivity index (χ4v) is 4.69. The highest BCUT2D eigenvalue weighted by Gasteiger charge is 2.24. The zero-order chi connectivity index (χ0) is 22.7. The van der Waals surface area contributed by atoms with Gasteiger partial charge >= 0.3 is 0 Å². The van der Waals surface area contributed by atoms with E-state index in [1.54, 1.807) is 6.20 Å². The first kappa shape index (κ1) is 22.2. The maximum absolute atomic E-state index is 6.25. The van der Waals surface area contributed by atoms with Gasteiger partial charge in [0.1, 0.15) is 12.5 Å². The molecular weight excluding hydrogens is 414 g/mol. The highest BCUT2D eigenvalue weighted by Crippen LogP contribution is 2.40. The fourth-order valence-electron chi connectivity index (χ4n) is 3.93. The van der Waals surface area contributed by atoms with Crippen LogP contribution in [0.15, 0.2) is 55.0 Å². The Labute approximate surface area is 190 Å². The number of nitrogens with zero attached hydrogens (tertiary/aromatic N) is 4. The number of rotatable bonds is 8. The van der Waals surface area contributed by atoms with Crippen molar-refractivity contribution in [1.29, 1.82) is 0 Å². The highest BCUT2D eigenvalue weighted by molar-refractivity contribution is 6.76. The summed E-state index contributed by atoms with van der Waals surface area (Å²) >= 11 is 0. The zero-order valence-corrected chi connectivity index (χ0v) is 20.3. The Balaban J connectivity index is 1.95. The predicted molar refractivity (Wildman–Crippen MR) is 134 cm³/mol. The number of nitrogen functional groups attached to an aromatic ring is 1. The Kier molecular flexibility index (Phi) is 6.39. The molecule has 4 heterocycles. The fraction of sp³-hybridized carbons (Fsp3) is 0.320. The summed E-state index contributed by atoms with van der Waals surface area (Å²) in [5, 5.41) is 0. The number of hydrogen-bond donors (Lipinski definition) is 1. The maximum Gasteiger partial charge on any atom is 0.123 e. The van der Waals surface area contributed by atoms with E-state index in [1.165, 1.54) is 5.56 Å². The third-order valence-electron chi connectivity index (χ3n) is 5.59. The molecule has 0 unspecified atom stereocenters. The molecule has 0 spiro atoms. The minimum atomic E-state index is -1.18. The number of fused-ring (bicyclic) bond motifs is 1. The Morgan fingerprint density at radius 1 is 1.00 bits per heavy atom. The van der Waals surface area contributed by atoms with Crippen molar-refractivity contribution in [3.8, 4) is 22.5 Å². The second-order valence-corrected chi connectivity index (χ2v) is 14.8. The number of nitrogens with two attached hydrogens (primary N) is 1. The molecule has 0 aliphatic carbocycles. The number of anilines is 1. The van der Waals surface area contributed by atoms with E-state index in [-0.39, 0.29) is 0 Å². The molecule has 0 fully saturated rings. The summed E-state index contributed by atoms with van der Waals surface area (Å²) in [4.78, 5) is 13.7. The van der Waals surface area contributed by atoms with Crippen LogP contribution in [0.3, 0.4) is 0 Å². The summed E-state index contributed by atoms with van der Waals surface area (Å²) in [7, 11) is -1.18. The van der Waals surface area contributed by atoms with E-state index < -0.39 is 8.07 Å². The molecule has 0 bridgehead atoms. The molecule has 2 N–H and O–H groups in total. The summed E-state index contributed by atoms with van der Waals surface area (Å²) in [6, 6.07) is 13.1. The van der Waals surface area contributed by atoms with Gasteiger partial charge in [-0.15, -0.1) is 0 Å². The van der Waals surface area contributed by atoms with E-state index in [0.29, 0.717) is 12.5 Å². The van der Waals surface area contributed by atoms with Gasteiger partial charge in [-0.05, 0) is 48.4 Å². The lowest BCUT2D eigenvalue weighted by atomic mass is 10.0. The van der Waals surface area contributed by atoms with Gasteiger partial charge in [-0.25, -0.2) is 4.98 Å². The van der Waals surface area contributed by atoms with Crippen molar-refractivity contribution in [3.05, 3.63) is 60.6 Å². The van der Waals surface area contributed by atoms with Crippen LogP contribution in [0.2, 0.25) is 25.7 Å². The third-order valence-corrected chi connectivity index (χ3v) is 7.30. The molecule has 6 nitrogen and oxygen atoms in total. The lowest BCUT2D eigenvalue weighted by Gasteiger charge is -2.18. The van der Waals surface area contributed by atoms with Crippen LogP contribution in [-0.2, 0) is 17.9 Å². The predicted octanol–water partition coefficient (Wildman–Crippen LogP) is 5.62. The van der Waals surface area contributed by atoms with E-state index in [9.17, 15) is 0 Å². The molecule has 166 valence electrons. The molecule has 4 aromatic rings. The first-order valence-corrected chi connectivity index (χ1v) is 14.8. The van der Waals surface area contributed by atoms with Crippen LogP contribution < -0.4 is 5.73 Å². The summed E-state index contributed by atoms with van der Waals surface area (Å²) in [6.07, 6.45) is 6.35. The first-order chi connectivity index (χ1) is 15.4. The highest BCUT2D eigenvalue weighted by atomic mass is 28.3. The van der Waals surface area contributed by atoms with Gasteiger partial charge in [0.25, 0.3) is 0 Å². The van der Waals surface area contributed by atoms with Crippen LogP contribution >= 0.6 is 0 Å². The Hall–Kier alpha value is -3.03. The van der Waals surface area contributed by atoms with Crippen LogP contribution in [0.25, 0.3) is 33.5 Å². The third kappa shape index (κ3) is 4.59. The van der Waals surface area contributed by atoms with E-state index in [1.807, 2.05) is 42.7 Å². The first-order valence-electron chi connectivity index (χ1n) is 11.1. The minimum Gasteiger partial charge on any atom is -0.384 e.